The summed E-state index contributed by atoms with van der Waals surface area (Å²) in [6, 6.07) is 1.77. The number of carbonyl (C=O) groups excluding carboxylic acids is 1. The molecule has 92 valence electrons. The smallest absolute Gasteiger partial charge is 0.263 e. The molecule has 1 amide bonds. The van der Waals surface area contributed by atoms with Gasteiger partial charge in [-0.05, 0) is 43.6 Å². The highest BCUT2D eigenvalue weighted by Crippen LogP contribution is 2.20. The molecule has 0 aliphatic heterocycles. The lowest BCUT2D eigenvalue weighted by atomic mass is 9.97. The lowest BCUT2D eigenvalue weighted by Crippen LogP contribution is -2.24. The zero-order valence-electron chi connectivity index (χ0n) is 9.87. The molecule has 4 heteroatoms. The fourth-order valence-corrected chi connectivity index (χ4v) is 2.79. The third-order valence-electron chi connectivity index (χ3n) is 3.02. The lowest BCUT2D eigenvalue weighted by molar-refractivity contribution is 0.0959. The fraction of sp³-hybridized carbons (Fsp3) is 0.462. The van der Waals surface area contributed by atoms with Crippen LogP contribution in [0.15, 0.2) is 23.1 Å². The van der Waals surface area contributed by atoms with Crippen LogP contribution in [0.2, 0.25) is 0 Å². The number of nitrogens with two attached hydrogens (primary N) is 1. The van der Waals surface area contributed by atoms with Gasteiger partial charge in [-0.1, -0.05) is 11.6 Å². The number of hydrogen-bond acceptors (Lipinski definition) is 3. The molecule has 1 aliphatic rings. The SMILES string of the molecule is Nc1ccsc1C(=O)NCCC1=CCCCC1. The van der Waals surface area contributed by atoms with Crippen LogP contribution in [0, 0.1) is 0 Å². The van der Waals surface area contributed by atoms with Gasteiger partial charge in [0.15, 0.2) is 0 Å². The Morgan fingerprint density at radius 3 is 3.00 bits per heavy atom. The van der Waals surface area contributed by atoms with E-state index in [0.717, 1.165) is 6.42 Å². The molecule has 1 aliphatic carbocycles. The van der Waals surface area contributed by atoms with Crippen LogP contribution in [0.3, 0.4) is 0 Å². The van der Waals surface area contributed by atoms with Crippen LogP contribution in [0.25, 0.3) is 0 Å². The first-order valence-corrected chi connectivity index (χ1v) is 6.94. The predicted molar refractivity (Wildman–Crippen MR) is 72.2 cm³/mol. The van der Waals surface area contributed by atoms with E-state index >= 15 is 0 Å². The zero-order chi connectivity index (χ0) is 12.1. The van der Waals surface area contributed by atoms with Gasteiger partial charge in [-0.15, -0.1) is 11.3 Å². The monoisotopic (exact) mass is 250 g/mol. The summed E-state index contributed by atoms with van der Waals surface area (Å²) in [6.45, 7) is 0.710. The first-order chi connectivity index (χ1) is 8.27. The molecule has 0 aromatic carbocycles. The number of carbonyl (C=O) groups is 1. The highest BCUT2D eigenvalue weighted by molar-refractivity contribution is 7.12. The van der Waals surface area contributed by atoms with Crippen LogP contribution in [-0.4, -0.2) is 12.5 Å². The lowest BCUT2D eigenvalue weighted by Gasteiger charge is -2.12. The summed E-state index contributed by atoms with van der Waals surface area (Å²) >= 11 is 1.39. The number of allylic oxidation sites excluding steroid dienone is 1. The number of nitrogen functional groups attached to an aromatic ring is 1. The normalized spacial score (nSPS) is 15.4. The average molecular weight is 250 g/mol. The highest BCUT2D eigenvalue weighted by atomic mass is 32.1. The number of nitrogens with one attached hydrogen (secondary N) is 1. The molecule has 0 fully saturated rings. The van der Waals surface area contributed by atoms with Gasteiger partial charge in [0.25, 0.3) is 5.91 Å². The van der Waals surface area contributed by atoms with Crippen LogP contribution in [0.1, 0.15) is 41.8 Å². The number of hydrogen-bond donors (Lipinski definition) is 2. The Balaban J connectivity index is 1.77. The van der Waals surface area contributed by atoms with Gasteiger partial charge in [-0.3, -0.25) is 4.79 Å². The van der Waals surface area contributed by atoms with Crippen LogP contribution < -0.4 is 11.1 Å². The van der Waals surface area contributed by atoms with Crippen molar-refractivity contribution in [2.75, 3.05) is 12.3 Å². The van der Waals surface area contributed by atoms with Crippen LogP contribution in [0.5, 0.6) is 0 Å². The van der Waals surface area contributed by atoms with Gasteiger partial charge in [0.1, 0.15) is 4.88 Å². The Kier molecular flexibility index (Phi) is 4.20. The van der Waals surface area contributed by atoms with E-state index in [1.54, 1.807) is 6.07 Å². The van der Waals surface area contributed by atoms with Gasteiger partial charge in [-0.25, -0.2) is 0 Å². The maximum Gasteiger partial charge on any atom is 0.263 e. The standard InChI is InChI=1S/C13H18N2OS/c14-11-7-9-17-12(11)13(16)15-8-6-10-4-2-1-3-5-10/h4,7,9H,1-3,5-6,8,14H2,(H,15,16). The number of thiophene rings is 1. The minimum absolute atomic E-state index is 0.0473. The van der Waals surface area contributed by atoms with E-state index in [-0.39, 0.29) is 5.91 Å². The molecule has 0 saturated carbocycles. The van der Waals surface area contributed by atoms with Gasteiger partial charge in [0.05, 0.1) is 5.69 Å². The molecular weight excluding hydrogens is 232 g/mol. The van der Waals surface area contributed by atoms with Crippen molar-refractivity contribution in [3.63, 3.8) is 0 Å². The number of anilines is 1. The minimum atomic E-state index is -0.0473. The first kappa shape index (κ1) is 12.2. The maximum atomic E-state index is 11.8. The summed E-state index contributed by atoms with van der Waals surface area (Å²) in [6.07, 6.45) is 8.27. The van der Waals surface area contributed by atoms with Crippen molar-refractivity contribution in [3.8, 4) is 0 Å². The predicted octanol–water partition coefficient (Wildman–Crippen LogP) is 2.95. The largest absolute Gasteiger partial charge is 0.397 e. The van der Waals surface area contributed by atoms with Crippen LogP contribution in [0.4, 0.5) is 5.69 Å². The van der Waals surface area contributed by atoms with E-state index in [1.807, 2.05) is 5.38 Å². The molecule has 1 aromatic rings. The molecule has 0 radical (unpaired) electrons. The Labute approximate surface area is 106 Å². The van der Waals surface area contributed by atoms with E-state index < -0.39 is 0 Å². The van der Waals surface area contributed by atoms with Crippen molar-refractivity contribution in [1.29, 1.82) is 0 Å². The average Bonchev–Trinajstić information content (AvgIpc) is 2.77. The van der Waals surface area contributed by atoms with Gasteiger partial charge >= 0.3 is 0 Å². The zero-order valence-corrected chi connectivity index (χ0v) is 10.7. The molecule has 0 spiro atoms. The molecule has 0 bridgehead atoms. The summed E-state index contributed by atoms with van der Waals surface area (Å²) in [4.78, 5) is 12.4. The van der Waals surface area contributed by atoms with Gasteiger partial charge in [-0.2, -0.15) is 0 Å². The second-order valence-corrected chi connectivity index (χ2v) is 5.24. The quantitative estimate of drug-likeness (QED) is 0.807. The number of rotatable bonds is 4. The van der Waals surface area contributed by atoms with E-state index in [9.17, 15) is 4.79 Å². The van der Waals surface area contributed by atoms with E-state index in [1.165, 1.54) is 42.6 Å². The van der Waals surface area contributed by atoms with Gasteiger partial charge in [0, 0.05) is 6.54 Å². The van der Waals surface area contributed by atoms with Crippen molar-refractivity contribution >= 4 is 22.9 Å². The second kappa shape index (κ2) is 5.87. The van der Waals surface area contributed by atoms with Crippen LogP contribution in [-0.2, 0) is 0 Å². The Hall–Kier alpha value is -1.29. The van der Waals surface area contributed by atoms with E-state index in [4.69, 9.17) is 5.73 Å². The summed E-state index contributed by atoms with van der Waals surface area (Å²) < 4.78 is 0. The Morgan fingerprint density at radius 2 is 2.35 bits per heavy atom. The molecule has 1 aromatic heterocycles. The van der Waals surface area contributed by atoms with E-state index in [0.29, 0.717) is 17.1 Å². The Morgan fingerprint density at radius 1 is 1.47 bits per heavy atom. The van der Waals surface area contributed by atoms with Crippen molar-refractivity contribution in [2.24, 2.45) is 0 Å². The van der Waals surface area contributed by atoms with Crippen molar-refractivity contribution < 1.29 is 4.79 Å². The number of amides is 1. The molecule has 17 heavy (non-hydrogen) atoms. The van der Waals surface area contributed by atoms with Crippen molar-refractivity contribution in [1.82, 2.24) is 5.32 Å². The van der Waals surface area contributed by atoms with Gasteiger partial charge < -0.3 is 11.1 Å². The minimum Gasteiger partial charge on any atom is -0.397 e. The van der Waals surface area contributed by atoms with Crippen molar-refractivity contribution in [2.45, 2.75) is 32.1 Å². The Bertz CT molecular complexity index is 423. The first-order valence-electron chi connectivity index (χ1n) is 6.06. The second-order valence-electron chi connectivity index (χ2n) is 4.32. The highest BCUT2D eigenvalue weighted by Gasteiger charge is 2.10. The molecule has 0 unspecified atom stereocenters. The molecule has 3 N–H and O–H groups in total. The molecule has 3 nitrogen and oxygen atoms in total. The van der Waals surface area contributed by atoms with Crippen molar-refractivity contribution in [3.05, 3.63) is 28.0 Å². The fourth-order valence-electron chi connectivity index (χ4n) is 2.05. The van der Waals surface area contributed by atoms with Gasteiger partial charge in [0.2, 0.25) is 0 Å². The third-order valence-corrected chi connectivity index (χ3v) is 3.95. The summed E-state index contributed by atoms with van der Waals surface area (Å²) in [7, 11) is 0. The molecule has 2 rings (SSSR count). The van der Waals surface area contributed by atoms with E-state index in [2.05, 4.69) is 11.4 Å². The molecule has 1 heterocycles. The maximum absolute atomic E-state index is 11.8. The van der Waals surface area contributed by atoms with Crippen LogP contribution >= 0.6 is 11.3 Å². The molecule has 0 atom stereocenters. The third kappa shape index (κ3) is 3.33. The topological polar surface area (TPSA) is 55.1 Å². The summed E-state index contributed by atoms with van der Waals surface area (Å²) in [5, 5.41) is 4.77. The molecular formula is C13H18N2OS. The summed E-state index contributed by atoms with van der Waals surface area (Å²) in [5.74, 6) is -0.0473. The molecule has 0 saturated heterocycles. The summed E-state index contributed by atoms with van der Waals surface area (Å²) in [5.41, 5.74) is 7.75.